The summed E-state index contributed by atoms with van der Waals surface area (Å²) in [5, 5.41) is 28.3. The second kappa shape index (κ2) is 10.8. The van der Waals surface area contributed by atoms with Crippen LogP contribution < -0.4 is 27.0 Å². The van der Waals surface area contributed by atoms with Crippen LogP contribution in [0.1, 0.15) is 20.1 Å². The van der Waals surface area contributed by atoms with Gasteiger partial charge in [-0.05, 0) is 13.8 Å². The molecule has 0 aromatic carbocycles. The number of urea groups is 1. The molecule has 2 saturated heterocycles. The van der Waals surface area contributed by atoms with Crippen molar-refractivity contribution in [1.29, 1.82) is 0 Å². The van der Waals surface area contributed by atoms with E-state index in [1.54, 1.807) is 0 Å². The van der Waals surface area contributed by atoms with Crippen LogP contribution in [0, 0.1) is 0 Å². The minimum absolute atomic E-state index is 0.197. The van der Waals surface area contributed by atoms with Crippen molar-refractivity contribution in [3.8, 4) is 0 Å². The summed E-state index contributed by atoms with van der Waals surface area (Å²) in [6.45, 7) is -2.05. The Morgan fingerprint density at radius 2 is 2.08 bits per heavy atom. The Balaban J connectivity index is 1.76. The number of ether oxygens (including phenoxy) is 2. The van der Waals surface area contributed by atoms with E-state index in [-0.39, 0.29) is 5.75 Å². The number of H-pyrrole nitrogens is 1. The molecule has 0 aliphatic carbocycles. The highest BCUT2D eigenvalue weighted by Crippen LogP contribution is 2.57. The molecular weight excluding hydrogens is 525 g/mol. The lowest BCUT2D eigenvalue weighted by atomic mass is 9.96. The van der Waals surface area contributed by atoms with Crippen molar-refractivity contribution in [3.05, 3.63) is 33.1 Å². The maximum Gasteiger partial charge on any atom is 0.330 e. The number of nitrogens with zero attached hydrogens (tertiary/aromatic N) is 1. The molecule has 18 heteroatoms. The van der Waals surface area contributed by atoms with Crippen molar-refractivity contribution < 1.29 is 43.2 Å². The normalized spacial score (nSPS) is 30.4. The van der Waals surface area contributed by atoms with Crippen LogP contribution >= 0.6 is 18.1 Å². The summed E-state index contributed by atoms with van der Waals surface area (Å²) in [5.41, 5.74) is -3.59. The van der Waals surface area contributed by atoms with Crippen LogP contribution in [0.25, 0.3) is 0 Å². The summed E-state index contributed by atoms with van der Waals surface area (Å²) < 4.78 is 30.2. The molecule has 2 aliphatic heterocycles. The minimum Gasteiger partial charge on any atom is -0.468 e. The first-order chi connectivity index (χ1) is 16.8. The quantitative estimate of drug-likeness (QED) is 0.103. The number of methoxy groups -OCH3 is 1. The van der Waals surface area contributed by atoms with E-state index < -0.39 is 78.6 Å². The highest BCUT2D eigenvalue weighted by molar-refractivity contribution is 8.56. The van der Waals surface area contributed by atoms with E-state index in [0.29, 0.717) is 11.4 Å². The average molecular weight is 551 g/mol. The first kappa shape index (κ1) is 28.0. The number of imide groups is 1. The molecule has 3 heterocycles. The van der Waals surface area contributed by atoms with Crippen molar-refractivity contribution in [3.63, 3.8) is 0 Å². The van der Waals surface area contributed by atoms with E-state index in [0.717, 1.165) is 23.9 Å². The summed E-state index contributed by atoms with van der Waals surface area (Å²) in [6, 6.07) is -1.81. The smallest absolute Gasteiger partial charge is 0.330 e. The van der Waals surface area contributed by atoms with Gasteiger partial charge >= 0.3 is 24.4 Å². The third-order valence-electron chi connectivity index (χ3n) is 5.44. The topological polar surface area (TPSA) is 227 Å². The van der Waals surface area contributed by atoms with Gasteiger partial charge in [0.25, 0.3) is 11.5 Å². The number of amides is 3. The van der Waals surface area contributed by atoms with Gasteiger partial charge in [0.15, 0.2) is 6.23 Å². The first-order valence-electron chi connectivity index (χ1n) is 10.5. The van der Waals surface area contributed by atoms with Crippen LogP contribution in [0.15, 0.2) is 21.9 Å². The van der Waals surface area contributed by atoms with Gasteiger partial charge in [-0.25, -0.2) is 14.7 Å². The zero-order chi connectivity index (χ0) is 26.8. The van der Waals surface area contributed by atoms with Gasteiger partial charge in [-0.1, -0.05) is 11.4 Å². The molecule has 0 unspecified atom stereocenters. The molecule has 0 spiro atoms. The zero-order valence-corrected chi connectivity index (χ0v) is 21.0. The zero-order valence-electron chi connectivity index (χ0n) is 19.3. The van der Waals surface area contributed by atoms with Crippen LogP contribution in [-0.2, 0) is 28.2 Å². The van der Waals surface area contributed by atoms with Gasteiger partial charge in [-0.15, -0.1) is 0 Å². The number of nitrogens with one attached hydrogen (secondary N) is 4. The van der Waals surface area contributed by atoms with Gasteiger partial charge in [-0.2, -0.15) is 0 Å². The molecule has 0 bridgehead atoms. The Labute approximate surface area is 207 Å². The molecule has 1 aromatic rings. The lowest BCUT2D eigenvalue weighted by Gasteiger charge is -2.27. The van der Waals surface area contributed by atoms with Crippen molar-refractivity contribution in [2.75, 3.05) is 19.5 Å². The number of aliphatic hydroxyl groups excluding tert-OH is 1. The standard InChI is InChI=1S/C18H26N5O11PS/c1-8(14(27)32-3)22-35(31,36-7-9-13(26)21-16(28)19-9)33-6-10-12(25)18(2,30)15(34-10)23-5-4-11(24)20-17(23)29/h4-5,8-10,12,15,25,30H,6-7H2,1-3H3,(H,22,31)(H,20,24,29)(H2,19,21,26,28)/t8-,9+,10-,12-,15-,18-,35+/m1/s1. The number of esters is 1. The van der Waals surface area contributed by atoms with Gasteiger partial charge in [-0.3, -0.25) is 33.8 Å². The summed E-state index contributed by atoms with van der Waals surface area (Å²) in [4.78, 5) is 60.5. The number of carbonyl (C=O) groups is 3. The predicted octanol–water partition coefficient (Wildman–Crippen LogP) is -2.24. The second-order valence-corrected chi connectivity index (χ2v) is 12.5. The van der Waals surface area contributed by atoms with E-state index in [2.05, 4.69) is 15.1 Å². The number of hydrogen-bond acceptors (Lipinski definition) is 12. The fraction of sp³-hybridized carbons (Fsp3) is 0.611. The van der Waals surface area contributed by atoms with Gasteiger partial charge in [0.05, 0.1) is 13.7 Å². The number of aliphatic hydroxyl groups is 2. The van der Waals surface area contributed by atoms with E-state index in [1.807, 2.05) is 10.3 Å². The monoisotopic (exact) mass is 551 g/mol. The molecule has 3 amide bonds. The van der Waals surface area contributed by atoms with Crippen molar-refractivity contribution in [1.82, 2.24) is 25.3 Å². The summed E-state index contributed by atoms with van der Waals surface area (Å²) >= 11 is 0.613. The molecular formula is C18H26N5O11PS. The Bertz CT molecular complexity index is 1190. The van der Waals surface area contributed by atoms with Gasteiger partial charge < -0.3 is 29.5 Å². The third kappa shape index (κ3) is 6.05. The molecule has 2 fully saturated rings. The molecule has 1 aromatic heterocycles. The predicted molar refractivity (Wildman–Crippen MR) is 123 cm³/mol. The number of hydrogen-bond donors (Lipinski definition) is 6. The second-order valence-electron chi connectivity index (χ2n) is 8.19. The maximum absolute atomic E-state index is 13.5. The largest absolute Gasteiger partial charge is 0.468 e. The number of rotatable bonds is 10. The first-order valence-corrected chi connectivity index (χ1v) is 13.7. The SMILES string of the molecule is COC(=O)[C@@H](C)N[P@](=O)(OC[C@H]1O[C@@H](n2ccc(=O)[nH]c2=O)[C@](C)(O)[C@@H]1O)SC[C@@H]1NC(=O)NC1=O. The Hall–Kier alpha value is -2.53. The van der Waals surface area contributed by atoms with Crippen LogP contribution in [0.2, 0.25) is 0 Å². The summed E-state index contributed by atoms with van der Waals surface area (Å²) in [6.07, 6.45) is -3.28. The summed E-state index contributed by atoms with van der Waals surface area (Å²) in [5.74, 6) is -1.60. The molecule has 16 nitrogen and oxygen atoms in total. The summed E-state index contributed by atoms with van der Waals surface area (Å²) in [7, 11) is 1.13. The lowest BCUT2D eigenvalue weighted by molar-refractivity contribution is -0.142. The van der Waals surface area contributed by atoms with Gasteiger partial charge in [0.1, 0.15) is 29.9 Å². The van der Waals surface area contributed by atoms with Crippen molar-refractivity contribution in [2.24, 2.45) is 0 Å². The van der Waals surface area contributed by atoms with Gasteiger partial charge in [0.2, 0.25) is 0 Å². The fourth-order valence-electron chi connectivity index (χ4n) is 3.49. The number of aromatic nitrogens is 2. The molecule has 6 N–H and O–H groups in total. The fourth-order valence-corrected chi connectivity index (χ4v) is 7.36. The number of carbonyl (C=O) groups excluding carboxylic acids is 3. The van der Waals surface area contributed by atoms with Crippen LogP contribution in [0.4, 0.5) is 4.79 Å². The minimum atomic E-state index is -4.02. The number of aromatic amines is 1. The molecule has 0 saturated carbocycles. The Morgan fingerprint density at radius 1 is 1.39 bits per heavy atom. The Morgan fingerprint density at radius 3 is 2.67 bits per heavy atom. The van der Waals surface area contributed by atoms with E-state index in [4.69, 9.17) is 9.26 Å². The Kier molecular flexibility index (Phi) is 8.44. The highest BCUT2D eigenvalue weighted by Gasteiger charge is 2.54. The third-order valence-corrected chi connectivity index (χ3v) is 9.56. The van der Waals surface area contributed by atoms with Crippen LogP contribution in [-0.4, -0.2) is 87.0 Å². The molecule has 200 valence electrons. The molecule has 3 rings (SSSR count). The van der Waals surface area contributed by atoms with E-state index >= 15 is 0 Å². The van der Waals surface area contributed by atoms with Crippen LogP contribution in [0.5, 0.6) is 0 Å². The lowest BCUT2D eigenvalue weighted by Crippen LogP contribution is -2.47. The molecule has 2 aliphatic rings. The average Bonchev–Trinajstić information content (AvgIpc) is 3.24. The van der Waals surface area contributed by atoms with E-state index in [9.17, 15) is 38.8 Å². The molecule has 36 heavy (non-hydrogen) atoms. The van der Waals surface area contributed by atoms with E-state index in [1.165, 1.54) is 13.8 Å². The molecule has 7 atom stereocenters. The van der Waals surface area contributed by atoms with Crippen LogP contribution in [0.3, 0.4) is 0 Å². The maximum atomic E-state index is 13.5. The highest BCUT2D eigenvalue weighted by atomic mass is 32.7. The van der Waals surface area contributed by atoms with Crippen molar-refractivity contribution in [2.45, 2.75) is 50.0 Å². The van der Waals surface area contributed by atoms with Crippen molar-refractivity contribution >= 4 is 36.0 Å². The van der Waals surface area contributed by atoms with Gasteiger partial charge in [0, 0.05) is 18.0 Å². The molecule has 0 radical (unpaired) electrons.